The van der Waals surface area contributed by atoms with E-state index in [9.17, 15) is 9.18 Å². The van der Waals surface area contributed by atoms with Crippen molar-refractivity contribution in [3.05, 3.63) is 58.9 Å². The Morgan fingerprint density at radius 1 is 1.37 bits per heavy atom. The van der Waals surface area contributed by atoms with Crippen LogP contribution in [0.1, 0.15) is 11.7 Å². The summed E-state index contributed by atoms with van der Waals surface area (Å²) in [6.45, 7) is 2.01. The molecule has 0 aliphatic carbocycles. The third-order valence-electron chi connectivity index (χ3n) is 4.37. The van der Waals surface area contributed by atoms with Crippen LogP contribution in [-0.2, 0) is 9.53 Å². The van der Waals surface area contributed by atoms with Crippen molar-refractivity contribution in [3.8, 4) is 0 Å². The number of ether oxygens (including phenoxy) is 1. The average molecular weight is 406 g/mol. The highest BCUT2D eigenvalue weighted by Gasteiger charge is 2.25. The van der Waals surface area contributed by atoms with Crippen molar-refractivity contribution in [3.63, 3.8) is 0 Å². The lowest BCUT2D eigenvalue weighted by Crippen LogP contribution is -2.42. The number of amides is 1. The van der Waals surface area contributed by atoms with E-state index in [1.807, 2.05) is 29.2 Å². The van der Waals surface area contributed by atoms with E-state index >= 15 is 0 Å². The monoisotopic (exact) mass is 405 g/mol. The molecule has 2 aromatic carbocycles. The van der Waals surface area contributed by atoms with Crippen LogP contribution < -0.4 is 5.32 Å². The Morgan fingerprint density at radius 3 is 3.07 bits per heavy atom. The second-order valence-corrected chi connectivity index (χ2v) is 7.73. The van der Waals surface area contributed by atoms with Crippen molar-refractivity contribution in [2.75, 3.05) is 31.6 Å². The molecule has 5 nitrogen and oxygen atoms in total. The van der Waals surface area contributed by atoms with E-state index in [-0.39, 0.29) is 24.4 Å². The molecule has 1 unspecified atom stereocenters. The zero-order valence-corrected chi connectivity index (χ0v) is 15.9. The molecule has 4 rings (SSSR count). The van der Waals surface area contributed by atoms with Crippen LogP contribution in [0.15, 0.2) is 42.5 Å². The Bertz CT molecular complexity index is 980. The van der Waals surface area contributed by atoms with Gasteiger partial charge in [0.2, 0.25) is 5.91 Å². The standard InChI is InChI=1S/C19H17ClFN3O2S/c20-14-4-2-1-3-13(14)16-10-24(7-8-26-16)11-18(25)23-19-22-15-6-5-12(21)9-17(15)27-19/h1-6,9,16H,7-8,10-11H2,(H,22,23,25). The van der Waals surface area contributed by atoms with E-state index in [2.05, 4.69) is 10.3 Å². The number of hydrogen-bond donors (Lipinski definition) is 1. The summed E-state index contributed by atoms with van der Waals surface area (Å²) < 4.78 is 19.8. The zero-order valence-electron chi connectivity index (χ0n) is 14.3. The number of nitrogens with one attached hydrogen (secondary N) is 1. The molecular formula is C19H17ClFN3O2S. The number of carbonyl (C=O) groups is 1. The number of anilines is 1. The summed E-state index contributed by atoms with van der Waals surface area (Å²) in [4.78, 5) is 18.8. The molecule has 1 fully saturated rings. The van der Waals surface area contributed by atoms with Crippen LogP contribution in [-0.4, -0.2) is 42.0 Å². The lowest BCUT2D eigenvalue weighted by atomic mass is 10.1. The Morgan fingerprint density at radius 2 is 2.22 bits per heavy atom. The molecule has 27 heavy (non-hydrogen) atoms. The summed E-state index contributed by atoms with van der Waals surface area (Å²) in [5, 5.41) is 3.93. The van der Waals surface area contributed by atoms with Crippen LogP contribution in [0.2, 0.25) is 5.02 Å². The number of rotatable bonds is 4. The lowest BCUT2D eigenvalue weighted by molar-refractivity contribution is -0.119. The van der Waals surface area contributed by atoms with Gasteiger partial charge < -0.3 is 10.1 Å². The molecule has 0 saturated carbocycles. The maximum absolute atomic E-state index is 13.3. The molecule has 0 radical (unpaired) electrons. The Hall–Kier alpha value is -2.06. The van der Waals surface area contributed by atoms with Crippen molar-refractivity contribution >= 4 is 44.2 Å². The fourth-order valence-corrected chi connectivity index (χ4v) is 4.25. The number of thiazole rings is 1. The summed E-state index contributed by atoms with van der Waals surface area (Å²) in [5.41, 5.74) is 1.60. The minimum Gasteiger partial charge on any atom is -0.371 e. The summed E-state index contributed by atoms with van der Waals surface area (Å²) in [6.07, 6.45) is -0.161. The number of morpholine rings is 1. The van der Waals surface area contributed by atoms with Crippen LogP contribution in [0.3, 0.4) is 0 Å². The van der Waals surface area contributed by atoms with Gasteiger partial charge in [0, 0.05) is 23.7 Å². The number of hydrogen-bond acceptors (Lipinski definition) is 5. The van der Waals surface area contributed by atoms with Crippen LogP contribution in [0.4, 0.5) is 9.52 Å². The predicted octanol–water partition coefficient (Wildman–Crippen LogP) is 4.10. The van der Waals surface area contributed by atoms with Crippen LogP contribution in [0.5, 0.6) is 0 Å². The maximum atomic E-state index is 13.3. The van der Waals surface area contributed by atoms with Gasteiger partial charge in [0.05, 0.1) is 29.5 Å². The number of nitrogens with zero attached hydrogens (tertiary/aromatic N) is 2. The fraction of sp³-hybridized carbons (Fsp3) is 0.263. The van der Waals surface area contributed by atoms with Gasteiger partial charge in [-0.2, -0.15) is 0 Å². The zero-order chi connectivity index (χ0) is 18.8. The molecule has 1 atom stereocenters. The molecule has 1 aromatic heterocycles. The van der Waals surface area contributed by atoms with Gasteiger partial charge in [0.15, 0.2) is 5.13 Å². The topological polar surface area (TPSA) is 54.5 Å². The molecule has 3 aromatic rings. The Balaban J connectivity index is 1.39. The van der Waals surface area contributed by atoms with E-state index in [0.29, 0.717) is 40.1 Å². The molecule has 1 aliphatic rings. The van der Waals surface area contributed by atoms with E-state index in [0.717, 1.165) is 5.56 Å². The SMILES string of the molecule is O=C(CN1CCOC(c2ccccc2Cl)C1)Nc1nc2ccc(F)cc2s1. The first-order chi connectivity index (χ1) is 13.1. The summed E-state index contributed by atoms with van der Waals surface area (Å²) in [7, 11) is 0. The molecular weight excluding hydrogens is 389 g/mol. The molecule has 1 saturated heterocycles. The highest BCUT2D eigenvalue weighted by Crippen LogP contribution is 2.29. The molecule has 0 spiro atoms. The van der Waals surface area contributed by atoms with Crippen LogP contribution in [0, 0.1) is 5.82 Å². The fourth-order valence-electron chi connectivity index (χ4n) is 3.08. The van der Waals surface area contributed by atoms with Gasteiger partial charge in [-0.15, -0.1) is 0 Å². The van der Waals surface area contributed by atoms with Crippen molar-refractivity contribution in [2.45, 2.75) is 6.10 Å². The molecule has 0 bridgehead atoms. The summed E-state index contributed by atoms with van der Waals surface area (Å²) in [5.74, 6) is -0.475. The maximum Gasteiger partial charge on any atom is 0.240 e. The molecule has 1 N–H and O–H groups in total. The minimum atomic E-state index is -0.317. The van der Waals surface area contributed by atoms with Crippen molar-refractivity contribution in [1.29, 1.82) is 0 Å². The number of fused-ring (bicyclic) bond motifs is 1. The van der Waals surface area contributed by atoms with E-state index < -0.39 is 0 Å². The molecule has 1 aliphatic heterocycles. The molecule has 2 heterocycles. The molecule has 140 valence electrons. The Kier molecular flexibility index (Phi) is 5.36. The van der Waals surface area contributed by atoms with E-state index in [4.69, 9.17) is 16.3 Å². The first kappa shape index (κ1) is 18.3. The number of halogens is 2. The van der Waals surface area contributed by atoms with Crippen molar-refractivity contribution in [1.82, 2.24) is 9.88 Å². The summed E-state index contributed by atoms with van der Waals surface area (Å²) >= 11 is 7.51. The second kappa shape index (κ2) is 7.90. The first-order valence-corrected chi connectivity index (χ1v) is 9.72. The predicted molar refractivity (Wildman–Crippen MR) is 105 cm³/mol. The van der Waals surface area contributed by atoms with Gasteiger partial charge in [0.25, 0.3) is 0 Å². The smallest absolute Gasteiger partial charge is 0.240 e. The van der Waals surface area contributed by atoms with Crippen molar-refractivity contribution in [2.24, 2.45) is 0 Å². The van der Waals surface area contributed by atoms with Gasteiger partial charge >= 0.3 is 0 Å². The third kappa shape index (κ3) is 4.27. The highest BCUT2D eigenvalue weighted by atomic mass is 35.5. The minimum absolute atomic E-state index is 0.158. The third-order valence-corrected chi connectivity index (χ3v) is 5.64. The Labute approximate surface area is 164 Å². The van der Waals surface area contributed by atoms with Crippen LogP contribution >= 0.6 is 22.9 Å². The highest BCUT2D eigenvalue weighted by molar-refractivity contribution is 7.22. The van der Waals surface area contributed by atoms with E-state index in [1.54, 1.807) is 6.07 Å². The first-order valence-electron chi connectivity index (χ1n) is 8.53. The number of benzene rings is 2. The van der Waals surface area contributed by atoms with Gasteiger partial charge in [-0.3, -0.25) is 9.69 Å². The van der Waals surface area contributed by atoms with Gasteiger partial charge in [-0.1, -0.05) is 41.1 Å². The van der Waals surface area contributed by atoms with Gasteiger partial charge in [0.1, 0.15) is 5.82 Å². The van der Waals surface area contributed by atoms with Crippen LogP contribution in [0.25, 0.3) is 10.2 Å². The lowest BCUT2D eigenvalue weighted by Gasteiger charge is -2.32. The number of aromatic nitrogens is 1. The molecule has 8 heteroatoms. The number of carbonyl (C=O) groups excluding carboxylic acids is 1. The normalized spacial score (nSPS) is 17.9. The quantitative estimate of drug-likeness (QED) is 0.710. The largest absolute Gasteiger partial charge is 0.371 e. The second-order valence-electron chi connectivity index (χ2n) is 6.30. The summed E-state index contributed by atoms with van der Waals surface area (Å²) in [6, 6.07) is 12.0. The van der Waals surface area contributed by atoms with Gasteiger partial charge in [-0.05, 0) is 24.3 Å². The molecule has 1 amide bonds. The van der Waals surface area contributed by atoms with Crippen molar-refractivity contribution < 1.29 is 13.9 Å². The average Bonchev–Trinajstić information content (AvgIpc) is 3.03. The van der Waals surface area contributed by atoms with Gasteiger partial charge in [-0.25, -0.2) is 9.37 Å². The van der Waals surface area contributed by atoms with E-state index in [1.165, 1.54) is 23.5 Å².